The lowest BCUT2D eigenvalue weighted by Crippen LogP contribution is -2.23. The molecule has 0 atom stereocenters. The Hall–Kier alpha value is -0.990. The van der Waals surface area contributed by atoms with Crippen LogP contribution in [0.4, 0.5) is 5.69 Å². The summed E-state index contributed by atoms with van der Waals surface area (Å²) in [7, 11) is 0. The molecule has 0 saturated carbocycles. The maximum atomic E-state index is 6.14. The lowest BCUT2D eigenvalue weighted by Gasteiger charge is -2.25. The van der Waals surface area contributed by atoms with Crippen molar-refractivity contribution >= 4 is 33.2 Å². The highest BCUT2D eigenvalue weighted by Gasteiger charge is 2.10. The van der Waals surface area contributed by atoms with Crippen molar-refractivity contribution in [1.29, 1.82) is 0 Å². The van der Waals surface area contributed by atoms with Crippen LogP contribution in [0.15, 0.2) is 48.5 Å². The van der Waals surface area contributed by atoms with Gasteiger partial charge in [0.05, 0.1) is 0 Å². The fraction of sp³-hybridized carbons (Fsp3) is 0.250. The molecule has 2 aromatic carbocycles. The molecule has 0 N–H and O–H groups in total. The van der Waals surface area contributed by atoms with Crippen LogP contribution in [0.5, 0.6) is 0 Å². The molecule has 0 bridgehead atoms. The zero-order valence-electron chi connectivity index (χ0n) is 10.9. The first-order chi connectivity index (χ1) is 9.24. The molecule has 19 heavy (non-hydrogen) atoms. The molecule has 0 saturated heterocycles. The van der Waals surface area contributed by atoms with E-state index in [1.54, 1.807) is 0 Å². The zero-order chi connectivity index (χ0) is 13.7. The summed E-state index contributed by atoms with van der Waals surface area (Å²) in [5, 5.41) is 1.62. The number of rotatable bonds is 5. The highest BCUT2D eigenvalue weighted by atomic mass is 79.9. The summed E-state index contributed by atoms with van der Waals surface area (Å²) in [4.78, 5) is 2.35. The second-order valence-electron chi connectivity index (χ2n) is 4.41. The third kappa shape index (κ3) is 3.74. The molecule has 0 aliphatic rings. The minimum Gasteiger partial charge on any atom is -0.367 e. The molecule has 1 nitrogen and oxygen atoms in total. The number of alkyl halides is 1. The molecule has 0 heterocycles. The summed E-state index contributed by atoms with van der Waals surface area (Å²) in [6, 6.07) is 16.6. The van der Waals surface area contributed by atoms with Crippen LogP contribution >= 0.6 is 27.5 Å². The van der Waals surface area contributed by atoms with Crippen molar-refractivity contribution in [1.82, 2.24) is 0 Å². The molecule has 0 aliphatic carbocycles. The van der Waals surface area contributed by atoms with Crippen LogP contribution in [0.25, 0.3) is 0 Å². The summed E-state index contributed by atoms with van der Waals surface area (Å²) in [5.41, 5.74) is 3.78. The predicted molar refractivity (Wildman–Crippen MR) is 87.2 cm³/mol. The quantitative estimate of drug-likeness (QED) is 0.672. The van der Waals surface area contributed by atoms with Gasteiger partial charge in [-0.05, 0) is 30.2 Å². The number of halogens is 2. The van der Waals surface area contributed by atoms with E-state index in [1.165, 1.54) is 16.8 Å². The van der Waals surface area contributed by atoms with Crippen LogP contribution in [-0.2, 0) is 11.9 Å². The fourth-order valence-corrected chi connectivity index (χ4v) is 2.76. The zero-order valence-corrected chi connectivity index (χ0v) is 13.3. The molecule has 0 unspecified atom stereocenters. The molecule has 2 rings (SSSR count). The van der Waals surface area contributed by atoms with Crippen molar-refractivity contribution in [2.24, 2.45) is 0 Å². The normalized spacial score (nSPS) is 10.5. The van der Waals surface area contributed by atoms with E-state index < -0.39 is 0 Å². The molecule has 0 aromatic heterocycles. The van der Waals surface area contributed by atoms with Crippen molar-refractivity contribution < 1.29 is 0 Å². The van der Waals surface area contributed by atoms with Crippen LogP contribution in [0.1, 0.15) is 18.1 Å². The summed E-state index contributed by atoms with van der Waals surface area (Å²) in [6.45, 7) is 4.02. The van der Waals surface area contributed by atoms with E-state index in [0.717, 1.165) is 23.4 Å². The minimum atomic E-state index is 0.784. The number of hydrogen-bond acceptors (Lipinski definition) is 1. The lowest BCUT2D eigenvalue weighted by molar-refractivity contribution is 0.827. The largest absolute Gasteiger partial charge is 0.367 e. The smallest absolute Gasteiger partial charge is 0.0429 e. The molecule has 0 amide bonds. The number of benzene rings is 2. The van der Waals surface area contributed by atoms with Gasteiger partial charge < -0.3 is 4.90 Å². The Kier molecular flexibility index (Phi) is 5.29. The minimum absolute atomic E-state index is 0.784. The van der Waals surface area contributed by atoms with Crippen LogP contribution < -0.4 is 4.90 Å². The van der Waals surface area contributed by atoms with Gasteiger partial charge in [-0.25, -0.2) is 0 Å². The predicted octanol–water partition coefficient (Wildman–Crippen LogP) is 5.26. The van der Waals surface area contributed by atoms with Crippen molar-refractivity contribution in [2.45, 2.75) is 18.8 Å². The number of hydrogen-bond donors (Lipinski definition) is 0. The van der Waals surface area contributed by atoms with E-state index in [2.05, 4.69) is 58.1 Å². The fourth-order valence-electron chi connectivity index (χ4n) is 2.12. The van der Waals surface area contributed by atoms with Gasteiger partial charge in [-0.3, -0.25) is 0 Å². The number of nitrogens with zero attached hydrogens (tertiary/aromatic N) is 1. The van der Waals surface area contributed by atoms with Gasteiger partial charge in [0, 0.05) is 29.1 Å². The topological polar surface area (TPSA) is 3.24 Å². The lowest BCUT2D eigenvalue weighted by atomic mass is 10.1. The van der Waals surface area contributed by atoms with Gasteiger partial charge in [-0.15, -0.1) is 0 Å². The summed E-state index contributed by atoms with van der Waals surface area (Å²) in [6.07, 6.45) is 0. The van der Waals surface area contributed by atoms with Gasteiger partial charge in [0.1, 0.15) is 0 Å². The molecular weight excluding hydrogens is 322 g/mol. The second kappa shape index (κ2) is 6.97. The van der Waals surface area contributed by atoms with Crippen molar-refractivity contribution in [2.75, 3.05) is 11.4 Å². The maximum Gasteiger partial charge on any atom is 0.0429 e. The van der Waals surface area contributed by atoms with Crippen LogP contribution in [0, 0.1) is 0 Å². The average molecular weight is 339 g/mol. The van der Waals surface area contributed by atoms with Crippen molar-refractivity contribution in [3.63, 3.8) is 0 Å². The van der Waals surface area contributed by atoms with E-state index in [1.807, 2.05) is 18.2 Å². The van der Waals surface area contributed by atoms with Gasteiger partial charge in [0.25, 0.3) is 0 Å². The SMILES string of the molecule is CCN(Cc1ccccc1)c1cc(Cl)ccc1CBr. The van der Waals surface area contributed by atoms with Crippen LogP contribution in [0.2, 0.25) is 5.02 Å². The molecule has 3 heteroatoms. The van der Waals surface area contributed by atoms with Crippen molar-refractivity contribution in [3.05, 3.63) is 64.7 Å². The van der Waals surface area contributed by atoms with E-state index in [0.29, 0.717) is 0 Å². The summed E-state index contributed by atoms with van der Waals surface area (Å²) >= 11 is 9.68. The van der Waals surface area contributed by atoms with E-state index >= 15 is 0 Å². The van der Waals surface area contributed by atoms with Gasteiger partial charge in [-0.2, -0.15) is 0 Å². The summed E-state index contributed by atoms with van der Waals surface area (Å²) in [5.74, 6) is 0. The second-order valence-corrected chi connectivity index (χ2v) is 5.40. The Morgan fingerprint density at radius 1 is 1.11 bits per heavy atom. The molecule has 0 fully saturated rings. The molecule has 0 spiro atoms. The van der Waals surface area contributed by atoms with E-state index in [4.69, 9.17) is 11.6 Å². The van der Waals surface area contributed by atoms with Crippen LogP contribution in [-0.4, -0.2) is 6.54 Å². The Labute approximate surface area is 128 Å². The molecule has 0 radical (unpaired) electrons. The first-order valence-corrected chi connectivity index (χ1v) is 7.87. The van der Waals surface area contributed by atoms with E-state index in [9.17, 15) is 0 Å². The first kappa shape index (κ1) is 14.4. The number of anilines is 1. The third-order valence-electron chi connectivity index (χ3n) is 3.13. The van der Waals surface area contributed by atoms with Crippen LogP contribution in [0.3, 0.4) is 0 Å². The van der Waals surface area contributed by atoms with Crippen molar-refractivity contribution in [3.8, 4) is 0 Å². The summed E-state index contributed by atoms with van der Waals surface area (Å²) < 4.78 is 0. The van der Waals surface area contributed by atoms with E-state index in [-0.39, 0.29) is 0 Å². The molecular formula is C16H17BrClN. The van der Waals surface area contributed by atoms with Gasteiger partial charge in [0.2, 0.25) is 0 Å². The van der Waals surface area contributed by atoms with Gasteiger partial charge >= 0.3 is 0 Å². The highest BCUT2D eigenvalue weighted by Crippen LogP contribution is 2.27. The monoisotopic (exact) mass is 337 g/mol. The molecule has 100 valence electrons. The molecule has 0 aliphatic heterocycles. The standard InChI is InChI=1S/C16H17BrClN/c1-2-19(12-13-6-4-3-5-7-13)16-10-15(18)9-8-14(16)11-17/h3-10H,2,11-12H2,1H3. The average Bonchev–Trinajstić information content (AvgIpc) is 2.46. The Morgan fingerprint density at radius 2 is 1.84 bits per heavy atom. The highest BCUT2D eigenvalue weighted by molar-refractivity contribution is 9.08. The molecule has 2 aromatic rings. The third-order valence-corrected chi connectivity index (χ3v) is 3.97. The Bertz CT molecular complexity index is 528. The maximum absolute atomic E-state index is 6.14. The Morgan fingerprint density at radius 3 is 2.47 bits per heavy atom. The first-order valence-electron chi connectivity index (χ1n) is 6.38. The Balaban J connectivity index is 2.29. The van der Waals surface area contributed by atoms with Gasteiger partial charge in [-0.1, -0.05) is 63.9 Å². The van der Waals surface area contributed by atoms with Gasteiger partial charge in [0.15, 0.2) is 0 Å².